The maximum atomic E-state index is 6.36. The number of aromatic nitrogens is 1. The third-order valence-electron chi connectivity index (χ3n) is 2.72. The maximum absolute atomic E-state index is 6.36. The smallest absolute Gasteiger partial charge is 0.125 e. The van der Waals surface area contributed by atoms with Crippen LogP contribution in [0.1, 0.15) is 30.5 Å². The monoisotopic (exact) mass is 296 g/mol. The van der Waals surface area contributed by atoms with Crippen molar-refractivity contribution >= 4 is 22.9 Å². The molecule has 1 aromatic heterocycles. The SMILES string of the molecule is COc1cccc(Cl)c1C(NC(C)C)c1nccs1. The van der Waals surface area contributed by atoms with Crippen LogP contribution in [0.3, 0.4) is 0 Å². The summed E-state index contributed by atoms with van der Waals surface area (Å²) in [7, 11) is 1.66. The zero-order valence-electron chi connectivity index (χ0n) is 11.2. The summed E-state index contributed by atoms with van der Waals surface area (Å²) in [4.78, 5) is 4.40. The van der Waals surface area contributed by atoms with E-state index < -0.39 is 0 Å². The van der Waals surface area contributed by atoms with Gasteiger partial charge in [-0.1, -0.05) is 17.7 Å². The van der Waals surface area contributed by atoms with E-state index in [4.69, 9.17) is 16.3 Å². The van der Waals surface area contributed by atoms with Crippen LogP contribution in [0.5, 0.6) is 5.75 Å². The van der Waals surface area contributed by atoms with Crippen molar-refractivity contribution in [3.8, 4) is 5.75 Å². The van der Waals surface area contributed by atoms with Crippen molar-refractivity contribution in [2.75, 3.05) is 7.11 Å². The van der Waals surface area contributed by atoms with Gasteiger partial charge in [-0.25, -0.2) is 4.98 Å². The average Bonchev–Trinajstić information content (AvgIpc) is 2.89. The van der Waals surface area contributed by atoms with Gasteiger partial charge in [0.05, 0.1) is 13.2 Å². The number of hydrogen-bond donors (Lipinski definition) is 1. The Morgan fingerprint density at radius 1 is 1.37 bits per heavy atom. The zero-order valence-corrected chi connectivity index (χ0v) is 12.8. The highest BCUT2D eigenvalue weighted by molar-refractivity contribution is 7.09. The molecule has 0 radical (unpaired) electrons. The molecule has 0 bridgehead atoms. The standard InChI is InChI=1S/C14H17ClN2OS/c1-9(2)17-13(14-16-7-8-19-14)12-10(15)5-4-6-11(12)18-3/h4-9,13,17H,1-3H3. The zero-order chi connectivity index (χ0) is 13.8. The Kier molecular flexibility index (Phi) is 4.80. The summed E-state index contributed by atoms with van der Waals surface area (Å²) in [6.07, 6.45) is 1.80. The first kappa shape index (κ1) is 14.3. The number of benzene rings is 1. The fourth-order valence-corrected chi connectivity index (χ4v) is 2.94. The van der Waals surface area contributed by atoms with E-state index in [1.807, 2.05) is 23.6 Å². The van der Waals surface area contributed by atoms with E-state index in [1.54, 1.807) is 24.6 Å². The largest absolute Gasteiger partial charge is 0.496 e. The molecule has 19 heavy (non-hydrogen) atoms. The fraction of sp³-hybridized carbons (Fsp3) is 0.357. The second-order valence-corrected chi connectivity index (χ2v) is 5.81. The van der Waals surface area contributed by atoms with Gasteiger partial charge in [0.15, 0.2) is 0 Å². The minimum absolute atomic E-state index is 0.0522. The lowest BCUT2D eigenvalue weighted by Crippen LogP contribution is -2.29. The number of nitrogens with one attached hydrogen (secondary N) is 1. The molecule has 0 aliphatic carbocycles. The Morgan fingerprint density at radius 3 is 2.74 bits per heavy atom. The molecule has 0 saturated heterocycles. The number of thiazole rings is 1. The van der Waals surface area contributed by atoms with Crippen molar-refractivity contribution in [3.63, 3.8) is 0 Å². The highest BCUT2D eigenvalue weighted by Gasteiger charge is 2.23. The molecule has 3 nitrogen and oxygen atoms in total. The van der Waals surface area contributed by atoms with Crippen LogP contribution in [-0.4, -0.2) is 18.1 Å². The molecule has 1 aromatic carbocycles. The molecular formula is C14H17ClN2OS. The molecule has 5 heteroatoms. The first-order valence-corrected chi connectivity index (χ1v) is 7.37. The summed E-state index contributed by atoms with van der Waals surface area (Å²) in [5, 5.41) is 7.14. The molecule has 1 heterocycles. The summed E-state index contributed by atoms with van der Waals surface area (Å²) in [5.74, 6) is 0.779. The van der Waals surface area contributed by atoms with Gasteiger partial charge in [-0.2, -0.15) is 0 Å². The van der Waals surface area contributed by atoms with Crippen LogP contribution in [-0.2, 0) is 0 Å². The lowest BCUT2D eigenvalue weighted by molar-refractivity contribution is 0.401. The predicted molar refractivity (Wildman–Crippen MR) is 80.2 cm³/mol. The summed E-state index contributed by atoms with van der Waals surface area (Å²) >= 11 is 7.97. The molecule has 0 saturated carbocycles. The Labute approximate surface area is 122 Å². The van der Waals surface area contributed by atoms with Crippen molar-refractivity contribution in [1.29, 1.82) is 0 Å². The number of methoxy groups -OCH3 is 1. The van der Waals surface area contributed by atoms with Gasteiger partial charge < -0.3 is 10.1 Å². The lowest BCUT2D eigenvalue weighted by Gasteiger charge is -2.22. The molecule has 0 aliphatic heterocycles. The second-order valence-electron chi connectivity index (χ2n) is 4.48. The summed E-state index contributed by atoms with van der Waals surface area (Å²) < 4.78 is 5.44. The van der Waals surface area contributed by atoms with E-state index in [9.17, 15) is 0 Å². The Bertz CT molecular complexity index is 528. The third kappa shape index (κ3) is 3.26. The number of hydrogen-bond acceptors (Lipinski definition) is 4. The number of halogens is 1. The molecular weight excluding hydrogens is 280 g/mol. The molecule has 2 aromatic rings. The first-order chi connectivity index (χ1) is 9.13. The van der Waals surface area contributed by atoms with E-state index in [0.29, 0.717) is 11.1 Å². The molecule has 0 aliphatic rings. The summed E-state index contributed by atoms with van der Waals surface area (Å²) in [5.41, 5.74) is 0.940. The molecule has 1 N–H and O–H groups in total. The average molecular weight is 297 g/mol. The van der Waals surface area contributed by atoms with E-state index in [-0.39, 0.29) is 6.04 Å². The minimum atomic E-state index is -0.0522. The van der Waals surface area contributed by atoms with Gasteiger partial charge >= 0.3 is 0 Å². The highest BCUT2D eigenvalue weighted by atomic mass is 35.5. The second kappa shape index (κ2) is 6.37. The van der Waals surface area contributed by atoms with Crippen LogP contribution in [0.2, 0.25) is 5.02 Å². The Hall–Kier alpha value is -1.10. The van der Waals surface area contributed by atoms with Crippen molar-refractivity contribution in [1.82, 2.24) is 10.3 Å². The van der Waals surface area contributed by atoms with Gasteiger partial charge in [-0.15, -0.1) is 11.3 Å². The highest BCUT2D eigenvalue weighted by Crippen LogP contribution is 2.36. The molecule has 2 rings (SSSR count). The fourth-order valence-electron chi connectivity index (χ4n) is 1.96. The Morgan fingerprint density at radius 2 is 2.16 bits per heavy atom. The van der Waals surface area contributed by atoms with E-state index >= 15 is 0 Å². The minimum Gasteiger partial charge on any atom is -0.496 e. The van der Waals surface area contributed by atoms with Crippen molar-refractivity contribution in [3.05, 3.63) is 45.4 Å². The van der Waals surface area contributed by atoms with Crippen LogP contribution in [0, 0.1) is 0 Å². The maximum Gasteiger partial charge on any atom is 0.125 e. The van der Waals surface area contributed by atoms with Gasteiger partial charge in [-0.05, 0) is 26.0 Å². The van der Waals surface area contributed by atoms with Crippen LogP contribution >= 0.6 is 22.9 Å². The van der Waals surface area contributed by atoms with E-state index in [0.717, 1.165) is 16.3 Å². The quantitative estimate of drug-likeness (QED) is 0.909. The third-order valence-corrected chi connectivity index (χ3v) is 3.89. The number of ether oxygens (including phenoxy) is 1. The van der Waals surface area contributed by atoms with E-state index in [1.165, 1.54) is 0 Å². The molecule has 0 fully saturated rings. The van der Waals surface area contributed by atoms with Gasteiger partial charge in [0, 0.05) is 28.2 Å². The van der Waals surface area contributed by atoms with Crippen LogP contribution in [0.15, 0.2) is 29.8 Å². The first-order valence-electron chi connectivity index (χ1n) is 6.11. The topological polar surface area (TPSA) is 34.1 Å². The summed E-state index contributed by atoms with van der Waals surface area (Å²) in [6, 6.07) is 5.95. The molecule has 1 atom stereocenters. The van der Waals surface area contributed by atoms with Gasteiger partial charge in [0.2, 0.25) is 0 Å². The molecule has 1 unspecified atom stereocenters. The van der Waals surface area contributed by atoms with Crippen molar-refractivity contribution in [2.45, 2.75) is 25.9 Å². The van der Waals surface area contributed by atoms with Gasteiger partial charge in [0.25, 0.3) is 0 Å². The van der Waals surface area contributed by atoms with Crippen LogP contribution in [0.4, 0.5) is 0 Å². The van der Waals surface area contributed by atoms with Gasteiger partial charge in [-0.3, -0.25) is 0 Å². The molecule has 0 amide bonds. The Balaban J connectivity index is 2.49. The van der Waals surface area contributed by atoms with Gasteiger partial charge in [0.1, 0.15) is 10.8 Å². The lowest BCUT2D eigenvalue weighted by atomic mass is 10.1. The van der Waals surface area contributed by atoms with Crippen molar-refractivity contribution < 1.29 is 4.74 Å². The predicted octanol–water partition coefficient (Wildman–Crippen LogP) is 3.89. The summed E-state index contributed by atoms with van der Waals surface area (Å²) in [6.45, 7) is 4.20. The number of nitrogens with zero attached hydrogens (tertiary/aromatic N) is 1. The molecule has 102 valence electrons. The van der Waals surface area contributed by atoms with E-state index in [2.05, 4.69) is 24.1 Å². The molecule has 0 spiro atoms. The number of rotatable bonds is 5. The van der Waals surface area contributed by atoms with Crippen LogP contribution < -0.4 is 10.1 Å². The normalized spacial score (nSPS) is 12.7. The van der Waals surface area contributed by atoms with Crippen molar-refractivity contribution in [2.24, 2.45) is 0 Å². The van der Waals surface area contributed by atoms with Crippen LogP contribution in [0.25, 0.3) is 0 Å².